The van der Waals surface area contributed by atoms with Crippen molar-refractivity contribution in [3.63, 3.8) is 0 Å². The number of carbonyl (C=O) groups is 2. The monoisotopic (exact) mass is 324 g/mol. The standard InChI is InChI=1S/C16H21ClN2O3/c1-11-5-3-6-13(17)15(11)22-10-8-18-16(21)12(2)19-9-4-7-14(19)20/h3,5-6,12H,4,7-10H2,1-2H3,(H,18,21)/t12-/m0/s1. The summed E-state index contributed by atoms with van der Waals surface area (Å²) in [5.41, 5.74) is 0.954. The van der Waals surface area contributed by atoms with Crippen LogP contribution in [0.4, 0.5) is 0 Å². The van der Waals surface area contributed by atoms with Gasteiger partial charge in [-0.25, -0.2) is 0 Å². The largest absolute Gasteiger partial charge is 0.490 e. The van der Waals surface area contributed by atoms with Gasteiger partial charge in [0.1, 0.15) is 18.4 Å². The highest BCUT2D eigenvalue weighted by atomic mass is 35.5. The minimum Gasteiger partial charge on any atom is -0.490 e. The number of nitrogens with zero attached hydrogens (tertiary/aromatic N) is 1. The summed E-state index contributed by atoms with van der Waals surface area (Å²) in [7, 11) is 0. The number of likely N-dealkylation sites (tertiary alicyclic amines) is 1. The normalized spacial score (nSPS) is 15.8. The maximum atomic E-state index is 12.0. The molecule has 1 fully saturated rings. The fourth-order valence-corrected chi connectivity index (χ4v) is 2.77. The van der Waals surface area contributed by atoms with Crippen molar-refractivity contribution in [1.82, 2.24) is 10.2 Å². The molecule has 1 N–H and O–H groups in total. The van der Waals surface area contributed by atoms with Crippen molar-refractivity contribution in [2.75, 3.05) is 19.7 Å². The second kappa shape index (κ2) is 7.49. The molecule has 1 aromatic rings. The van der Waals surface area contributed by atoms with E-state index in [1.807, 2.05) is 19.1 Å². The lowest BCUT2D eigenvalue weighted by Gasteiger charge is -2.23. The average molecular weight is 325 g/mol. The first-order chi connectivity index (χ1) is 10.5. The van der Waals surface area contributed by atoms with Crippen LogP contribution in [-0.2, 0) is 9.59 Å². The molecule has 1 atom stereocenters. The number of hydrogen-bond acceptors (Lipinski definition) is 3. The van der Waals surface area contributed by atoms with Gasteiger partial charge in [0, 0.05) is 13.0 Å². The van der Waals surface area contributed by atoms with Crippen molar-refractivity contribution in [2.24, 2.45) is 0 Å². The van der Waals surface area contributed by atoms with Gasteiger partial charge in [0.15, 0.2) is 0 Å². The average Bonchev–Trinajstić information content (AvgIpc) is 2.91. The summed E-state index contributed by atoms with van der Waals surface area (Å²) in [6, 6.07) is 5.11. The molecule has 0 radical (unpaired) electrons. The molecule has 2 amide bonds. The molecule has 22 heavy (non-hydrogen) atoms. The van der Waals surface area contributed by atoms with Gasteiger partial charge in [-0.3, -0.25) is 9.59 Å². The topological polar surface area (TPSA) is 58.6 Å². The second-order valence-corrected chi connectivity index (χ2v) is 5.80. The number of amides is 2. The van der Waals surface area contributed by atoms with Gasteiger partial charge < -0.3 is 15.0 Å². The van der Waals surface area contributed by atoms with E-state index in [4.69, 9.17) is 16.3 Å². The van der Waals surface area contributed by atoms with E-state index >= 15 is 0 Å². The van der Waals surface area contributed by atoms with Crippen LogP contribution < -0.4 is 10.1 Å². The maximum absolute atomic E-state index is 12.0. The van der Waals surface area contributed by atoms with Crippen molar-refractivity contribution in [1.29, 1.82) is 0 Å². The number of benzene rings is 1. The minimum absolute atomic E-state index is 0.0468. The van der Waals surface area contributed by atoms with Gasteiger partial charge in [-0.05, 0) is 31.9 Å². The van der Waals surface area contributed by atoms with Crippen molar-refractivity contribution in [3.8, 4) is 5.75 Å². The van der Waals surface area contributed by atoms with Crippen LogP contribution in [0.1, 0.15) is 25.3 Å². The number of carbonyl (C=O) groups excluding carboxylic acids is 2. The summed E-state index contributed by atoms with van der Waals surface area (Å²) < 4.78 is 5.62. The van der Waals surface area contributed by atoms with Crippen LogP contribution in [0.15, 0.2) is 18.2 Å². The number of rotatable bonds is 6. The van der Waals surface area contributed by atoms with E-state index in [0.29, 0.717) is 36.9 Å². The van der Waals surface area contributed by atoms with Gasteiger partial charge >= 0.3 is 0 Å². The van der Waals surface area contributed by atoms with Crippen LogP contribution in [-0.4, -0.2) is 42.5 Å². The third-order valence-electron chi connectivity index (χ3n) is 3.77. The molecule has 6 heteroatoms. The highest BCUT2D eigenvalue weighted by Gasteiger charge is 2.29. The number of nitrogens with one attached hydrogen (secondary N) is 1. The fraction of sp³-hybridized carbons (Fsp3) is 0.500. The summed E-state index contributed by atoms with van der Waals surface area (Å²) in [4.78, 5) is 25.3. The molecule has 1 saturated heterocycles. The smallest absolute Gasteiger partial charge is 0.242 e. The van der Waals surface area contributed by atoms with E-state index in [-0.39, 0.29) is 11.8 Å². The first kappa shape index (κ1) is 16.6. The number of halogens is 1. The van der Waals surface area contributed by atoms with Gasteiger partial charge in [0.05, 0.1) is 11.6 Å². The minimum atomic E-state index is -0.433. The molecule has 1 heterocycles. The van der Waals surface area contributed by atoms with Gasteiger partial charge in [-0.1, -0.05) is 23.7 Å². The van der Waals surface area contributed by atoms with E-state index in [2.05, 4.69) is 5.32 Å². The predicted molar refractivity (Wildman–Crippen MR) is 85.1 cm³/mol. The Kier molecular flexibility index (Phi) is 5.66. The van der Waals surface area contributed by atoms with Crippen LogP contribution in [0.3, 0.4) is 0 Å². The highest BCUT2D eigenvalue weighted by molar-refractivity contribution is 6.32. The molecule has 0 saturated carbocycles. The zero-order chi connectivity index (χ0) is 16.1. The first-order valence-corrected chi connectivity index (χ1v) is 7.83. The molecule has 5 nitrogen and oxygen atoms in total. The van der Waals surface area contributed by atoms with Crippen LogP contribution in [0.5, 0.6) is 5.75 Å². The third-order valence-corrected chi connectivity index (χ3v) is 4.07. The molecule has 0 aliphatic carbocycles. The molecule has 0 spiro atoms. The van der Waals surface area contributed by atoms with E-state index in [0.717, 1.165) is 12.0 Å². The Morgan fingerprint density at radius 1 is 1.50 bits per heavy atom. The van der Waals surface area contributed by atoms with E-state index in [9.17, 15) is 9.59 Å². The van der Waals surface area contributed by atoms with E-state index in [1.165, 1.54) is 0 Å². The van der Waals surface area contributed by atoms with Crippen LogP contribution >= 0.6 is 11.6 Å². The van der Waals surface area contributed by atoms with Crippen LogP contribution in [0.25, 0.3) is 0 Å². The van der Waals surface area contributed by atoms with Crippen molar-refractivity contribution in [3.05, 3.63) is 28.8 Å². The molecule has 0 bridgehead atoms. The van der Waals surface area contributed by atoms with Gasteiger partial charge in [-0.2, -0.15) is 0 Å². The SMILES string of the molecule is Cc1cccc(Cl)c1OCCNC(=O)[C@H](C)N1CCCC1=O. The van der Waals surface area contributed by atoms with Crippen molar-refractivity contribution < 1.29 is 14.3 Å². The lowest BCUT2D eigenvalue weighted by molar-refractivity contribution is -0.136. The summed E-state index contributed by atoms with van der Waals surface area (Å²) in [6.07, 6.45) is 1.36. The molecule has 120 valence electrons. The Bertz CT molecular complexity index is 542. The third kappa shape index (κ3) is 3.91. The fourth-order valence-electron chi connectivity index (χ4n) is 2.49. The maximum Gasteiger partial charge on any atom is 0.242 e. The van der Waals surface area contributed by atoms with Crippen LogP contribution in [0.2, 0.25) is 5.02 Å². The van der Waals surface area contributed by atoms with E-state index in [1.54, 1.807) is 17.9 Å². The zero-order valence-electron chi connectivity index (χ0n) is 12.9. The Morgan fingerprint density at radius 2 is 2.27 bits per heavy atom. The summed E-state index contributed by atoms with van der Waals surface area (Å²) in [5.74, 6) is 0.529. The van der Waals surface area contributed by atoms with Crippen molar-refractivity contribution >= 4 is 23.4 Å². The summed E-state index contributed by atoms with van der Waals surface area (Å²) in [5, 5.41) is 3.35. The Labute approximate surface area is 135 Å². The molecular weight excluding hydrogens is 304 g/mol. The summed E-state index contributed by atoms with van der Waals surface area (Å²) in [6.45, 7) is 5.02. The number of hydrogen-bond donors (Lipinski definition) is 1. The molecule has 2 rings (SSSR count). The zero-order valence-corrected chi connectivity index (χ0v) is 13.7. The highest BCUT2D eigenvalue weighted by Crippen LogP contribution is 2.27. The molecule has 0 unspecified atom stereocenters. The molecule has 1 aromatic carbocycles. The lowest BCUT2D eigenvalue weighted by atomic mass is 10.2. The molecule has 1 aliphatic heterocycles. The van der Waals surface area contributed by atoms with Crippen LogP contribution in [0, 0.1) is 6.92 Å². The van der Waals surface area contributed by atoms with E-state index < -0.39 is 6.04 Å². The predicted octanol–water partition coefficient (Wildman–Crippen LogP) is 2.15. The summed E-state index contributed by atoms with van der Waals surface area (Å²) >= 11 is 6.07. The van der Waals surface area contributed by atoms with Crippen molar-refractivity contribution in [2.45, 2.75) is 32.7 Å². The Balaban J connectivity index is 1.76. The Morgan fingerprint density at radius 3 is 2.91 bits per heavy atom. The molecule has 0 aromatic heterocycles. The number of aryl methyl sites for hydroxylation is 1. The van der Waals surface area contributed by atoms with Gasteiger partial charge in [0.25, 0.3) is 0 Å². The Hall–Kier alpha value is -1.75. The quantitative estimate of drug-likeness (QED) is 0.816. The molecule has 1 aliphatic rings. The number of ether oxygens (including phenoxy) is 1. The van der Waals surface area contributed by atoms with Gasteiger partial charge in [0.2, 0.25) is 11.8 Å². The van der Waals surface area contributed by atoms with Gasteiger partial charge in [-0.15, -0.1) is 0 Å². The lowest BCUT2D eigenvalue weighted by Crippen LogP contribution is -2.46. The second-order valence-electron chi connectivity index (χ2n) is 5.39. The number of para-hydroxylation sites is 1. The molecular formula is C16H21ClN2O3. The first-order valence-electron chi connectivity index (χ1n) is 7.46.